The highest BCUT2D eigenvalue weighted by molar-refractivity contribution is 6.69. The highest BCUT2D eigenvalue weighted by Gasteiger charge is 2.15. The van der Waals surface area contributed by atoms with Crippen molar-refractivity contribution in [2.24, 2.45) is 5.16 Å². The van der Waals surface area contributed by atoms with E-state index in [9.17, 15) is 0 Å². The molecule has 1 aromatic rings. The van der Waals surface area contributed by atoms with Gasteiger partial charge in [0.05, 0.1) is 5.38 Å². The van der Waals surface area contributed by atoms with Crippen molar-refractivity contribution in [2.75, 3.05) is 26.2 Å². The molecule has 0 bridgehead atoms. The van der Waals surface area contributed by atoms with Crippen molar-refractivity contribution in [3.05, 3.63) is 35.9 Å². The average molecular weight is 352 g/mol. The minimum atomic E-state index is -0.0582. The molecule has 0 spiro atoms. The first kappa shape index (κ1) is 18.6. The van der Waals surface area contributed by atoms with Crippen molar-refractivity contribution in [3.8, 4) is 0 Å². The third-order valence-corrected chi connectivity index (χ3v) is 3.87. The fourth-order valence-corrected chi connectivity index (χ4v) is 2.70. The molecule has 1 atom stereocenters. The molecule has 0 amide bonds. The lowest BCUT2D eigenvalue weighted by molar-refractivity contribution is 0.128. The van der Waals surface area contributed by atoms with Crippen LogP contribution in [-0.4, -0.2) is 41.7 Å². The van der Waals surface area contributed by atoms with E-state index in [0.29, 0.717) is 11.8 Å². The molecule has 0 aliphatic carbocycles. The summed E-state index contributed by atoms with van der Waals surface area (Å²) in [6, 6.07) is 9.53. The Balaban J connectivity index is 0.00000220. The SMILES string of the molecule is Cl.Cl/C(=N\OCC(Cl)CN1CCCCC1)c1ccccc1. The van der Waals surface area contributed by atoms with Crippen LogP contribution in [0.1, 0.15) is 24.8 Å². The van der Waals surface area contributed by atoms with E-state index in [0.717, 1.165) is 25.2 Å². The van der Waals surface area contributed by atoms with E-state index in [-0.39, 0.29) is 17.8 Å². The molecule has 21 heavy (non-hydrogen) atoms. The Morgan fingerprint density at radius 2 is 1.86 bits per heavy atom. The van der Waals surface area contributed by atoms with Crippen LogP contribution in [0.25, 0.3) is 0 Å². The van der Waals surface area contributed by atoms with E-state index < -0.39 is 0 Å². The summed E-state index contributed by atoms with van der Waals surface area (Å²) in [5.74, 6) is 0. The van der Waals surface area contributed by atoms with Gasteiger partial charge in [0, 0.05) is 12.1 Å². The van der Waals surface area contributed by atoms with E-state index in [4.69, 9.17) is 28.0 Å². The Bertz CT molecular complexity index is 422. The van der Waals surface area contributed by atoms with Gasteiger partial charge in [0.15, 0.2) is 5.17 Å². The maximum atomic E-state index is 6.26. The van der Waals surface area contributed by atoms with Gasteiger partial charge in [-0.2, -0.15) is 0 Å². The molecule has 0 N–H and O–H groups in total. The van der Waals surface area contributed by atoms with E-state index in [1.807, 2.05) is 30.3 Å². The van der Waals surface area contributed by atoms with Crippen LogP contribution in [0.3, 0.4) is 0 Å². The summed E-state index contributed by atoms with van der Waals surface area (Å²) in [6.07, 6.45) is 3.86. The number of halogens is 3. The molecule has 1 heterocycles. The quantitative estimate of drug-likeness (QED) is 0.437. The van der Waals surface area contributed by atoms with Gasteiger partial charge in [0.2, 0.25) is 0 Å². The monoisotopic (exact) mass is 350 g/mol. The fraction of sp³-hybridized carbons (Fsp3) is 0.533. The first-order valence-electron chi connectivity index (χ1n) is 7.03. The Labute approximate surface area is 142 Å². The van der Waals surface area contributed by atoms with Crippen LogP contribution >= 0.6 is 35.6 Å². The standard InChI is InChI=1S/C15H20Cl2N2O.ClH/c16-14(11-19-9-5-2-6-10-19)12-20-18-15(17)13-7-3-1-4-8-13;/h1,3-4,7-8,14H,2,5-6,9-12H2;1H/b18-15-;. The Morgan fingerprint density at radius 3 is 2.52 bits per heavy atom. The molecule has 2 rings (SSSR count). The minimum Gasteiger partial charge on any atom is -0.393 e. The molecule has 0 radical (unpaired) electrons. The summed E-state index contributed by atoms with van der Waals surface area (Å²) in [5, 5.41) is 4.20. The molecule has 1 aromatic carbocycles. The van der Waals surface area contributed by atoms with E-state index in [1.165, 1.54) is 19.3 Å². The third kappa shape index (κ3) is 6.88. The molecule has 0 aromatic heterocycles. The highest BCUT2D eigenvalue weighted by atomic mass is 35.5. The number of hydrogen-bond donors (Lipinski definition) is 0. The predicted octanol–water partition coefficient (Wildman–Crippen LogP) is 4.12. The first-order chi connectivity index (χ1) is 9.75. The van der Waals surface area contributed by atoms with Gasteiger partial charge in [-0.05, 0) is 25.9 Å². The van der Waals surface area contributed by atoms with Crippen LogP contribution in [0.2, 0.25) is 0 Å². The van der Waals surface area contributed by atoms with Gasteiger partial charge < -0.3 is 9.74 Å². The number of likely N-dealkylation sites (tertiary alicyclic amines) is 1. The summed E-state index contributed by atoms with van der Waals surface area (Å²) < 4.78 is 0. The Kier molecular flexibility index (Phi) is 9.09. The maximum absolute atomic E-state index is 6.26. The second kappa shape index (κ2) is 10.3. The highest BCUT2D eigenvalue weighted by Crippen LogP contribution is 2.11. The Hall–Kier alpha value is -0.480. The molecule has 1 aliphatic heterocycles. The topological polar surface area (TPSA) is 24.8 Å². The summed E-state index contributed by atoms with van der Waals surface area (Å²) in [4.78, 5) is 7.63. The van der Waals surface area contributed by atoms with Gasteiger partial charge in [0.25, 0.3) is 0 Å². The number of benzene rings is 1. The minimum absolute atomic E-state index is 0. The Morgan fingerprint density at radius 1 is 1.19 bits per heavy atom. The van der Waals surface area contributed by atoms with E-state index in [1.54, 1.807) is 0 Å². The maximum Gasteiger partial charge on any atom is 0.175 e. The summed E-state index contributed by atoms with van der Waals surface area (Å²) >= 11 is 12.3. The zero-order valence-electron chi connectivity index (χ0n) is 11.9. The van der Waals surface area contributed by atoms with Crippen LogP contribution in [0.15, 0.2) is 35.5 Å². The largest absolute Gasteiger partial charge is 0.393 e. The third-order valence-electron chi connectivity index (χ3n) is 3.32. The zero-order valence-corrected chi connectivity index (χ0v) is 14.2. The zero-order chi connectivity index (χ0) is 14.2. The first-order valence-corrected chi connectivity index (χ1v) is 7.84. The van der Waals surface area contributed by atoms with Gasteiger partial charge in [-0.25, -0.2) is 0 Å². The molecular formula is C15H21Cl3N2O. The lowest BCUT2D eigenvalue weighted by Gasteiger charge is -2.27. The molecular weight excluding hydrogens is 331 g/mol. The number of nitrogens with zero attached hydrogens (tertiary/aromatic N) is 2. The van der Waals surface area contributed by atoms with Crippen LogP contribution in [0, 0.1) is 0 Å². The molecule has 0 saturated carbocycles. The predicted molar refractivity (Wildman–Crippen MR) is 92.0 cm³/mol. The molecule has 1 fully saturated rings. The van der Waals surface area contributed by atoms with E-state index in [2.05, 4.69) is 10.1 Å². The smallest absolute Gasteiger partial charge is 0.175 e. The molecule has 3 nitrogen and oxygen atoms in total. The summed E-state index contributed by atoms with van der Waals surface area (Å²) in [6.45, 7) is 3.50. The van der Waals surface area contributed by atoms with Crippen molar-refractivity contribution in [1.82, 2.24) is 4.90 Å². The van der Waals surface area contributed by atoms with Crippen molar-refractivity contribution in [3.63, 3.8) is 0 Å². The van der Waals surface area contributed by atoms with Crippen LogP contribution in [0.4, 0.5) is 0 Å². The number of alkyl halides is 1. The summed E-state index contributed by atoms with van der Waals surface area (Å²) in [5.41, 5.74) is 0.844. The number of piperidine rings is 1. The van der Waals surface area contributed by atoms with Gasteiger partial charge in [-0.1, -0.05) is 53.5 Å². The number of rotatable bonds is 6. The molecule has 1 unspecified atom stereocenters. The second-order valence-corrected chi connectivity index (χ2v) is 5.98. The number of oxime groups is 1. The lowest BCUT2D eigenvalue weighted by Crippen LogP contribution is -2.35. The van der Waals surface area contributed by atoms with Crippen LogP contribution in [-0.2, 0) is 4.84 Å². The molecule has 1 aliphatic rings. The van der Waals surface area contributed by atoms with Gasteiger partial charge in [0.1, 0.15) is 6.61 Å². The van der Waals surface area contributed by atoms with Crippen molar-refractivity contribution in [2.45, 2.75) is 24.6 Å². The van der Waals surface area contributed by atoms with Gasteiger partial charge in [-0.3, -0.25) is 0 Å². The fourth-order valence-electron chi connectivity index (χ4n) is 2.28. The van der Waals surface area contributed by atoms with Crippen LogP contribution < -0.4 is 0 Å². The normalized spacial score (nSPS) is 17.9. The average Bonchev–Trinajstić information content (AvgIpc) is 2.49. The van der Waals surface area contributed by atoms with Crippen molar-refractivity contribution >= 4 is 40.8 Å². The number of hydrogen-bond acceptors (Lipinski definition) is 3. The van der Waals surface area contributed by atoms with E-state index >= 15 is 0 Å². The van der Waals surface area contributed by atoms with Gasteiger partial charge >= 0.3 is 0 Å². The summed E-state index contributed by atoms with van der Waals surface area (Å²) in [7, 11) is 0. The molecule has 1 saturated heterocycles. The molecule has 118 valence electrons. The van der Waals surface area contributed by atoms with Crippen LogP contribution in [0.5, 0.6) is 0 Å². The molecule has 6 heteroatoms. The lowest BCUT2D eigenvalue weighted by atomic mass is 10.1. The van der Waals surface area contributed by atoms with Gasteiger partial charge in [-0.15, -0.1) is 24.0 Å². The van der Waals surface area contributed by atoms with Crippen molar-refractivity contribution in [1.29, 1.82) is 0 Å². The second-order valence-electron chi connectivity index (χ2n) is 5.00. The van der Waals surface area contributed by atoms with Crippen molar-refractivity contribution < 1.29 is 4.84 Å².